The number of para-hydroxylation sites is 1. The van der Waals surface area contributed by atoms with E-state index in [2.05, 4.69) is 15.3 Å². The molecule has 9 heteroatoms. The highest BCUT2D eigenvalue weighted by molar-refractivity contribution is 7.71. The number of hydrogen-bond acceptors (Lipinski definition) is 6. The fraction of sp³-hybridized carbons (Fsp3) is 0. The van der Waals surface area contributed by atoms with Crippen molar-refractivity contribution in [2.45, 2.75) is 0 Å². The van der Waals surface area contributed by atoms with Crippen LogP contribution in [-0.4, -0.2) is 26.0 Å². The van der Waals surface area contributed by atoms with Crippen LogP contribution in [0.3, 0.4) is 0 Å². The smallest absolute Gasteiger partial charge is 0.278 e. The van der Waals surface area contributed by atoms with Crippen molar-refractivity contribution in [3.05, 3.63) is 63.1 Å². The first-order chi connectivity index (χ1) is 10.7. The predicted molar refractivity (Wildman–Crippen MR) is 81.2 cm³/mol. The molecule has 0 atom stereocenters. The van der Waals surface area contributed by atoms with E-state index in [0.717, 1.165) is 0 Å². The summed E-state index contributed by atoms with van der Waals surface area (Å²) in [6.45, 7) is 0. The molecule has 0 aliphatic heterocycles. The van der Waals surface area contributed by atoms with Crippen LogP contribution in [0.15, 0.2) is 52.2 Å². The Balaban J connectivity index is 2.03. The van der Waals surface area contributed by atoms with Gasteiger partial charge in [0, 0.05) is 6.07 Å². The Hall–Kier alpha value is -3.07. The second-order valence-corrected chi connectivity index (χ2v) is 4.59. The van der Waals surface area contributed by atoms with Crippen molar-refractivity contribution in [2.24, 2.45) is 5.10 Å². The minimum absolute atomic E-state index is 0.0409. The zero-order chi connectivity index (χ0) is 15.5. The average Bonchev–Trinajstić information content (AvgIpc) is 3.15. The van der Waals surface area contributed by atoms with Gasteiger partial charge < -0.3 is 4.42 Å². The lowest BCUT2D eigenvalue weighted by Gasteiger charge is -1.98. The molecular weight excluding hydrogens is 306 g/mol. The van der Waals surface area contributed by atoms with Crippen LogP contribution in [0.1, 0.15) is 5.56 Å². The fourth-order valence-electron chi connectivity index (χ4n) is 1.85. The molecule has 1 N–H and O–H groups in total. The van der Waals surface area contributed by atoms with Crippen molar-refractivity contribution in [2.75, 3.05) is 0 Å². The van der Waals surface area contributed by atoms with Gasteiger partial charge in [-0.25, -0.2) is 5.10 Å². The maximum absolute atomic E-state index is 11.0. The molecule has 2 heterocycles. The number of aromatic amines is 1. The zero-order valence-corrected chi connectivity index (χ0v) is 11.9. The largest absolute Gasteiger partial charge is 0.461 e. The lowest BCUT2D eigenvalue weighted by molar-refractivity contribution is -0.385. The van der Waals surface area contributed by atoms with Gasteiger partial charge in [-0.1, -0.05) is 12.1 Å². The Morgan fingerprint density at radius 2 is 2.18 bits per heavy atom. The number of nitro benzene ring substituents is 1. The SMILES string of the molecule is O=[N+]([O-])c1ccccc1C=Nn1c(-c2ccco2)n[nH]c1=S. The van der Waals surface area contributed by atoms with Crippen LogP contribution in [0.4, 0.5) is 5.69 Å². The number of hydrogen-bond donors (Lipinski definition) is 1. The molecule has 3 aromatic rings. The van der Waals surface area contributed by atoms with E-state index in [-0.39, 0.29) is 10.5 Å². The van der Waals surface area contributed by atoms with E-state index in [4.69, 9.17) is 16.6 Å². The normalized spacial score (nSPS) is 11.1. The van der Waals surface area contributed by atoms with Gasteiger partial charge in [0.1, 0.15) is 0 Å². The third-order valence-electron chi connectivity index (χ3n) is 2.84. The molecule has 0 radical (unpaired) electrons. The lowest BCUT2D eigenvalue weighted by Crippen LogP contribution is -1.97. The van der Waals surface area contributed by atoms with Crippen LogP contribution in [0.5, 0.6) is 0 Å². The molecule has 8 nitrogen and oxygen atoms in total. The van der Waals surface area contributed by atoms with Gasteiger partial charge in [-0.05, 0) is 30.4 Å². The summed E-state index contributed by atoms with van der Waals surface area (Å²) in [5, 5.41) is 21.8. The van der Waals surface area contributed by atoms with Crippen LogP contribution in [0.2, 0.25) is 0 Å². The molecule has 110 valence electrons. The molecule has 1 aromatic carbocycles. The quantitative estimate of drug-likeness (QED) is 0.345. The first-order valence-corrected chi connectivity index (χ1v) is 6.56. The van der Waals surface area contributed by atoms with Gasteiger partial charge in [0.25, 0.3) is 5.69 Å². The summed E-state index contributed by atoms with van der Waals surface area (Å²) in [6, 6.07) is 9.70. The number of furan rings is 1. The van der Waals surface area contributed by atoms with Gasteiger partial charge in [-0.15, -0.1) is 5.10 Å². The monoisotopic (exact) mass is 315 g/mol. The van der Waals surface area contributed by atoms with E-state index in [1.807, 2.05) is 0 Å². The van der Waals surface area contributed by atoms with E-state index < -0.39 is 4.92 Å². The minimum atomic E-state index is -0.469. The predicted octanol–water partition coefficient (Wildman–Crippen LogP) is 2.99. The van der Waals surface area contributed by atoms with Gasteiger partial charge in [0.05, 0.1) is 23.0 Å². The van der Waals surface area contributed by atoms with Gasteiger partial charge in [-0.3, -0.25) is 10.1 Å². The summed E-state index contributed by atoms with van der Waals surface area (Å²) in [4.78, 5) is 10.5. The number of rotatable bonds is 4. The van der Waals surface area contributed by atoms with Gasteiger partial charge in [0.15, 0.2) is 5.76 Å². The molecule has 0 unspecified atom stereocenters. The van der Waals surface area contributed by atoms with E-state index >= 15 is 0 Å². The number of nitrogens with zero attached hydrogens (tertiary/aromatic N) is 4. The number of H-pyrrole nitrogens is 1. The highest BCUT2D eigenvalue weighted by Crippen LogP contribution is 2.18. The van der Waals surface area contributed by atoms with Crippen molar-refractivity contribution >= 4 is 24.1 Å². The standard InChI is InChI=1S/C13H9N5O3S/c19-18(20)10-5-2-1-4-9(10)8-14-17-12(15-16-13(17)22)11-6-3-7-21-11/h1-8H,(H,16,22). The number of nitrogens with one attached hydrogen (secondary N) is 1. The first kappa shape index (κ1) is 13.9. The molecule has 0 bridgehead atoms. The molecule has 0 aliphatic rings. The van der Waals surface area contributed by atoms with Gasteiger partial charge in [0.2, 0.25) is 10.6 Å². The third kappa shape index (κ3) is 2.56. The number of benzene rings is 1. The molecule has 2 aromatic heterocycles. The Kier molecular flexibility index (Phi) is 3.62. The van der Waals surface area contributed by atoms with Crippen molar-refractivity contribution in [3.8, 4) is 11.6 Å². The van der Waals surface area contributed by atoms with Gasteiger partial charge in [-0.2, -0.15) is 9.78 Å². The molecule has 22 heavy (non-hydrogen) atoms. The molecule has 0 saturated carbocycles. The maximum Gasteiger partial charge on any atom is 0.278 e. The topological polar surface area (TPSA) is 102 Å². The summed E-state index contributed by atoms with van der Waals surface area (Å²) in [5.74, 6) is 0.858. The average molecular weight is 315 g/mol. The molecule has 0 saturated heterocycles. The Labute approximate surface area is 128 Å². The number of aromatic nitrogens is 3. The Bertz CT molecular complexity index is 895. The molecule has 0 fully saturated rings. The second kappa shape index (κ2) is 5.74. The van der Waals surface area contributed by atoms with Crippen molar-refractivity contribution in [3.63, 3.8) is 0 Å². The van der Waals surface area contributed by atoms with Crippen molar-refractivity contribution in [1.29, 1.82) is 0 Å². The van der Waals surface area contributed by atoms with Crippen LogP contribution in [-0.2, 0) is 0 Å². The molecule has 3 rings (SSSR count). The van der Waals surface area contributed by atoms with E-state index in [1.54, 1.807) is 30.3 Å². The summed E-state index contributed by atoms with van der Waals surface area (Å²) in [7, 11) is 0. The van der Waals surface area contributed by atoms with E-state index in [1.165, 1.54) is 23.2 Å². The van der Waals surface area contributed by atoms with Crippen LogP contribution >= 0.6 is 12.2 Å². The van der Waals surface area contributed by atoms with Crippen molar-refractivity contribution < 1.29 is 9.34 Å². The van der Waals surface area contributed by atoms with E-state index in [0.29, 0.717) is 17.1 Å². The highest BCUT2D eigenvalue weighted by atomic mass is 32.1. The Morgan fingerprint density at radius 3 is 2.91 bits per heavy atom. The van der Waals surface area contributed by atoms with Crippen molar-refractivity contribution in [1.82, 2.24) is 14.9 Å². The lowest BCUT2D eigenvalue weighted by atomic mass is 10.2. The van der Waals surface area contributed by atoms with Gasteiger partial charge >= 0.3 is 0 Å². The molecular formula is C13H9N5O3S. The number of nitro groups is 1. The second-order valence-electron chi connectivity index (χ2n) is 4.20. The summed E-state index contributed by atoms with van der Waals surface area (Å²) < 4.78 is 6.85. The summed E-state index contributed by atoms with van der Waals surface area (Å²) >= 11 is 5.10. The Morgan fingerprint density at radius 1 is 1.36 bits per heavy atom. The molecule has 0 amide bonds. The summed E-state index contributed by atoms with van der Waals surface area (Å²) in [5.41, 5.74) is 0.321. The maximum atomic E-state index is 11.0. The summed E-state index contributed by atoms with van der Waals surface area (Å²) in [6.07, 6.45) is 2.86. The third-order valence-corrected chi connectivity index (χ3v) is 3.10. The van der Waals surface area contributed by atoms with E-state index in [9.17, 15) is 10.1 Å². The molecule has 0 spiro atoms. The first-order valence-electron chi connectivity index (χ1n) is 6.16. The fourth-order valence-corrected chi connectivity index (χ4v) is 2.03. The minimum Gasteiger partial charge on any atom is -0.461 e. The van der Waals surface area contributed by atoms with Crippen LogP contribution in [0, 0.1) is 14.9 Å². The zero-order valence-electron chi connectivity index (χ0n) is 11.0. The highest BCUT2D eigenvalue weighted by Gasteiger charge is 2.12. The molecule has 0 aliphatic carbocycles. The van der Waals surface area contributed by atoms with Crippen LogP contribution in [0.25, 0.3) is 11.6 Å². The van der Waals surface area contributed by atoms with Crippen LogP contribution < -0.4 is 0 Å².